The molecule has 1 aliphatic carbocycles. The SMILES string of the molecule is NC1CCC(Oc2ccccc2-c2ccccc2)C1. The van der Waals surface area contributed by atoms with E-state index in [1.165, 1.54) is 5.56 Å². The van der Waals surface area contributed by atoms with Gasteiger partial charge in [0.1, 0.15) is 11.9 Å². The minimum Gasteiger partial charge on any atom is -0.490 e. The fourth-order valence-electron chi connectivity index (χ4n) is 2.69. The number of benzene rings is 2. The highest BCUT2D eigenvalue weighted by Crippen LogP contribution is 2.32. The summed E-state index contributed by atoms with van der Waals surface area (Å²) in [6.07, 6.45) is 3.35. The van der Waals surface area contributed by atoms with Crippen molar-refractivity contribution in [2.45, 2.75) is 31.4 Å². The van der Waals surface area contributed by atoms with Crippen LogP contribution in [0.1, 0.15) is 19.3 Å². The van der Waals surface area contributed by atoms with E-state index in [9.17, 15) is 0 Å². The molecule has 2 heteroatoms. The van der Waals surface area contributed by atoms with Crippen LogP contribution in [0, 0.1) is 0 Å². The second-order valence-electron chi connectivity index (χ2n) is 5.18. The van der Waals surface area contributed by atoms with E-state index in [1.54, 1.807) is 0 Å². The van der Waals surface area contributed by atoms with Gasteiger partial charge in [-0.3, -0.25) is 0 Å². The van der Waals surface area contributed by atoms with Crippen molar-refractivity contribution in [3.63, 3.8) is 0 Å². The lowest BCUT2D eigenvalue weighted by atomic mass is 10.0. The molecule has 2 N–H and O–H groups in total. The molecule has 0 bridgehead atoms. The lowest BCUT2D eigenvalue weighted by Crippen LogP contribution is -2.19. The highest BCUT2D eigenvalue weighted by Gasteiger charge is 2.23. The first-order valence-corrected chi connectivity index (χ1v) is 6.89. The molecule has 1 saturated carbocycles. The van der Waals surface area contributed by atoms with Crippen molar-refractivity contribution >= 4 is 0 Å². The van der Waals surface area contributed by atoms with E-state index in [2.05, 4.69) is 36.4 Å². The fourth-order valence-corrected chi connectivity index (χ4v) is 2.69. The molecule has 2 unspecified atom stereocenters. The fraction of sp³-hybridized carbons (Fsp3) is 0.294. The van der Waals surface area contributed by atoms with Gasteiger partial charge in [0.05, 0.1) is 0 Å². The van der Waals surface area contributed by atoms with Crippen molar-refractivity contribution in [3.05, 3.63) is 54.6 Å². The molecule has 1 fully saturated rings. The molecule has 2 nitrogen and oxygen atoms in total. The second-order valence-corrected chi connectivity index (χ2v) is 5.18. The first-order valence-electron chi connectivity index (χ1n) is 6.89. The van der Waals surface area contributed by atoms with Gasteiger partial charge in [-0.05, 0) is 30.9 Å². The van der Waals surface area contributed by atoms with Crippen molar-refractivity contribution in [2.75, 3.05) is 0 Å². The smallest absolute Gasteiger partial charge is 0.127 e. The van der Waals surface area contributed by atoms with Crippen molar-refractivity contribution in [1.29, 1.82) is 0 Å². The van der Waals surface area contributed by atoms with Crippen LogP contribution in [0.25, 0.3) is 11.1 Å². The third-order valence-electron chi connectivity index (χ3n) is 3.69. The largest absolute Gasteiger partial charge is 0.490 e. The molecule has 0 aromatic heterocycles. The number of hydrogen-bond acceptors (Lipinski definition) is 2. The summed E-state index contributed by atoms with van der Waals surface area (Å²) in [5, 5.41) is 0. The lowest BCUT2D eigenvalue weighted by molar-refractivity contribution is 0.209. The Morgan fingerprint density at radius 2 is 1.63 bits per heavy atom. The molecule has 1 aliphatic rings. The average Bonchev–Trinajstić information content (AvgIpc) is 2.86. The number of hydrogen-bond donors (Lipinski definition) is 1. The average molecular weight is 253 g/mol. The zero-order valence-corrected chi connectivity index (χ0v) is 11.0. The Balaban J connectivity index is 1.86. The summed E-state index contributed by atoms with van der Waals surface area (Å²) in [6.45, 7) is 0. The van der Waals surface area contributed by atoms with E-state index in [0.717, 1.165) is 30.6 Å². The van der Waals surface area contributed by atoms with Crippen molar-refractivity contribution < 1.29 is 4.74 Å². The lowest BCUT2D eigenvalue weighted by Gasteiger charge is -2.16. The minimum atomic E-state index is 0.264. The summed E-state index contributed by atoms with van der Waals surface area (Å²) in [4.78, 5) is 0. The van der Waals surface area contributed by atoms with Crippen molar-refractivity contribution in [1.82, 2.24) is 0 Å². The highest BCUT2D eigenvalue weighted by molar-refractivity contribution is 5.70. The molecule has 2 aromatic rings. The Bertz CT molecular complexity index is 538. The van der Waals surface area contributed by atoms with E-state index >= 15 is 0 Å². The summed E-state index contributed by atoms with van der Waals surface area (Å²) in [5.41, 5.74) is 8.30. The summed E-state index contributed by atoms with van der Waals surface area (Å²) in [6, 6.07) is 18.9. The van der Waals surface area contributed by atoms with Gasteiger partial charge in [0.15, 0.2) is 0 Å². The van der Waals surface area contributed by atoms with Gasteiger partial charge in [-0.2, -0.15) is 0 Å². The summed E-state index contributed by atoms with van der Waals surface area (Å²) in [7, 11) is 0. The second kappa shape index (κ2) is 5.45. The van der Waals surface area contributed by atoms with Crippen LogP contribution in [0.15, 0.2) is 54.6 Å². The van der Waals surface area contributed by atoms with Crippen LogP contribution in [0.2, 0.25) is 0 Å². The van der Waals surface area contributed by atoms with Crippen LogP contribution >= 0.6 is 0 Å². The van der Waals surface area contributed by atoms with Crippen molar-refractivity contribution in [2.24, 2.45) is 5.73 Å². The van der Waals surface area contributed by atoms with Gasteiger partial charge >= 0.3 is 0 Å². The molecule has 0 radical (unpaired) electrons. The number of nitrogens with two attached hydrogens (primary N) is 1. The topological polar surface area (TPSA) is 35.2 Å². The first-order chi connectivity index (χ1) is 9.33. The van der Waals surface area contributed by atoms with Crippen LogP contribution in [-0.4, -0.2) is 12.1 Å². The van der Waals surface area contributed by atoms with Gasteiger partial charge in [0.25, 0.3) is 0 Å². The predicted molar refractivity (Wildman–Crippen MR) is 78.1 cm³/mol. The van der Waals surface area contributed by atoms with Gasteiger partial charge in [-0.15, -0.1) is 0 Å². The molecule has 3 rings (SSSR count). The van der Waals surface area contributed by atoms with E-state index in [4.69, 9.17) is 10.5 Å². The molecule has 19 heavy (non-hydrogen) atoms. The quantitative estimate of drug-likeness (QED) is 0.907. The maximum absolute atomic E-state index is 6.15. The molecular formula is C17H19NO. The Morgan fingerprint density at radius 1 is 0.895 bits per heavy atom. The maximum atomic E-state index is 6.15. The van der Waals surface area contributed by atoms with Gasteiger partial charge < -0.3 is 10.5 Å². The highest BCUT2D eigenvalue weighted by atomic mass is 16.5. The Kier molecular flexibility index (Phi) is 3.51. The maximum Gasteiger partial charge on any atom is 0.127 e. The van der Waals surface area contributed by atoms with E-state index in [-0.39, 0.29) is 6.10 Å². The van der Waals surface area contributed by atoms with Crippen LogP contribution in [0.4, 0.5) is 0 Å². The minimum absolute atomic E-state index is 0.264. The van der Waals surface area contributed by atoms with Gasteiger partial charge in [-0.25, -0.2) is 0 Å². The van der Waals surface area contributed by atoms with E-state index in [1.807, 2.05) is 18.2 Å². The molecule has 0 aliphatic heterocycles. The monoisotopic (exact) mass is 253 g/mol. The van der Waals surface area contributed by atoms with E-state index < -0.39 is 0 Å². The molecule has 2 aromatic carbocycles. The normalized spacial score (nSPS) is 22.4. The molecule has 98 valence electrons. The third-order valence-corrected chi connectivity index (χ3v) is 3.69. The summed E-state index contributed by atoms with van der Waals surface area (Å²) < 4.78 is 6.15. The Hall–Kier alpha value is -1.80. The van der Waals surface area contributed by atoms with Gasteiger partial charge in [0, 0.05) is 11.6 Å². The molecular weight excluding hydrogens is 234 g/mol. The van der Waals surface area contributed by atoms with E-state index in [0.29, 0.717) is 6.04 Å². The molecule has 0 saturated heterocycles. The van der Waals surface area contributed by atoms with Crippen LogP contribution in [-0.2, 0) is 0 Å². The van der Waals surface area contributed by atoms with Gasteiger partial charge in [0.2, 0.25) is 0 Å². The standard InChI is InChI=1S/C17H19NO/c18-14-10-11-15(12-14)19-17-9-5-4-8-16(17)13-6-2-1-3-7-13/h1-9,14-15H,10-12,18H2. The molecule has 2 atom stereocenters. The molecule has 0 heterocycles. The number of para-hydroxylation sites is 1. The van der Waals surface area contributed by atoms with Crippen LogP contribution in [0.3, 0.4) is 0 Å². The predicted octanol–water partition coefficient (Wildman–Crippen LogP) is 3.61. The van der Waals surface area contributed by atoms with Crippen LogP contribution < -0.4 is 10.5 Å². The van der Waals surface area contributed by atoms with Gasteiger partial charge in [-0.1, -0.05) is 48.5 Å². The molecule has 0 spiro atoms. The molecule has 0 amide bonds. The van der Waals surface area contributed by atoms with Crippen molar-refractivity contribution in [3.8, 4) is 16.9 Å². The third kappa shape index (κ3) is 2.79. The first kappa shape index (κ1) is 12.2. The van der Waals surface area contributed by atoms with Crippen LogP contribution in [0.5, 0.6) is 5.75 Å². The number of rotatable bonds is 3. The summed E-state index contributed by atoms with van der Waals surface area (Å²) in [5.74, 6) is 0.966. The summed E-state index contributed by atoms with van der Waals surface area (Å²) >= 11 is 0. The Morgan fingerprint density at radius 3 is 2.37 bits per heavy atom. The zero-order chi connectivity index (χ0) is 13.1. The Labute approximate surface area is 114 Å². The number of ether oxygens (including phenoxy) is 1. The zero-order valence-electron chi connectivity index (χ0n) is 11.0.